The van der Waals surface area contributed by atoms with E-state index in [1.165, 1.54) is 5.56 Å². The topological polar surface area (TPSA) is 61.3 Å². The molecule has 4 N–H and O–H groups in total. The Morgan fingerprint density at radius 2 is 2.31 bits per heavy atom. The van der Waals surface area contributed by atoms with Crippen LogP contribution in [0, 0.1) is 5.92 Å². The molecule has 0 saturated carbocycles. The predicted molar refractivity (Wildman–Crippen MR) is 52.6 cm³/mol. The summed E-state index contributed by atoms with van der Waals surface area (Å²) in [6.45, 7) is 1.40. The Morgan fingerprint density at radius 1 is 1.46 bits per heavy atom. The Hall–Kier alpha value is -1.22. The molecule has 0 amide bonds. The van der Waals surface area contributed by atoms with Gasteiger partial charge in [0.2, 0.25) is 0 Å². The number of anilines is 1. The molecule has 1 unspecified atom stereocenters. The second-order valence-electron chi connectivity index (χ2n) is 3.48. The van der Waals surface area contributed by atoms with Crippen LogP contribution in [0.5, 0.6) is 5.75 Å². The average molecular weight is 178 g/mol. The third-order valence-corrected chi connectivity index (χ3v) is 2.40. The molecule has 1 aromatic carbocycles. The average Bonchev–Trinajstić information content (AvgIpc) is 2.16. The molecule has 0 radical (unpaired) electrons. The monoisotopic (exact) mass is 178 g/mol. The summed E-state index contributed by atoms with van der Waals surface area (Å²) in [7, 11) is 0. The van der Waals surface area contributed by atoms with E-state index < -0.39 is 0 Å². The van der Waals surface area contributed by atoms with E-state index in [1.54, 1.807) is 0 Å². The highest BCUT2D eigenvalue weighted by molar-refractivity contribution is 5.48. The number of hydrogen-bond donors (Lipinski definition) is 2. The van der Waals surface area contributed by atoms with Crippen molar-refractivity contribution in [3.8, 4) is 5.75 Å². The maximum Gasteiger partial charge on any atom is 0.122 e. The van der Waals surface area contributed by atoms with Crippen LogP contribution in [0.1, 0.15) is 5.56 Å². The van der Waals surface area contributed by atoms with Crippen LogP contribution in [0.25, 0.3) is 0 Å². The summed E-state index contributed by atoms with van der Waals surface area (Å²) < 4.78 is 5.55. The van der Waals surface area contributed by atoms with Crippen LogP contribution in [0.3, 0.4) is 0 Å². The largest absolute Gasteiger partial charge is 0.493 e. The summed E-state index contributed by atoms with van der Waals surface area (Å²) in [6.07, 6.45) is 0.983. The second-order valence-corrected chi connectivity index (χ2v) is 3.48. The Morgan fingerprint density at radius 3 is 3.08 bits per heavy atom. The van der Waals surface area contributed by atoms with Gasteiger partial charge in [-0.15, -0.1) is 0 Å². The van der Waals surface area contributed by atoms with Crippen molar-refractivity contribution in [1.29, 1.82) is 0 Å². The van der Waals surface area contributed by atoms with Crippen LogP contribution >= 0.6 is 0 Å². The molecule has 0 fully saturated rings. The van der Waals surface area contributed by atoms with Crippen LogP contribution in [0.15, 0.2) is 18.2 Å². The van der Waals surface area contributed by atoms with E-state index >= 15 is 0 Å². The molecule has 70 valence electrons. The number of ether oxygens (including phenoxy) is 1. The van der Waals surface area contributed by atoms with Gasteiger partial charge >= 0.3 is 0 Å². The van der Waals surface area contributed by atoms with Gasteiger partial charge in [-0.05, 0) is 36.7 Å². The molecule has 13 heavy (non-hydrogen) atoms. The van der Waals surface area contributed by atoms with Crippen LogP contribution in [0.2, 0.25) is 0 Å². The first kappa shape index (κ1) is 8.38. The molecule has 0 saturated heterocycles. The van der Waals surface area contributed by atoms with Crippen molar-refractivity contribution in [2.75, 3.05) is 18.9 Å². The zero-order valence-corrected chi connectivity index (χ0v) is 7.49. The van der Waals surface area contributed by atoms with Crippen molar-refractivity contribution in [2.45, 2.75) is 6.42 Å². The van der Waals surface area contributed by atoms with Gasteiger partial charge < -0.3 is 16.2 Å². The minimum atomic E-state index is 0.439. The minimum absolute atomic E-state index is 0.439. The van der Waals surface area contributed by atoms with Crippen LogP contribution in [-0.2, 0) is 6.42 Å². The number of benzene rings is 1. The smallest absolute Gasteiger partial charge is 0.122 e. The summed E-state index contributed by atoms with van der Waals surface area (Å²) >= 11 is 0. The van der Waals surface area contributed by atoms with Gasteiger partial charge in [0.15, 0.2) is 0 Å². The zero-order chi connectivity index (χ0) is 9.26. The van der Waals surface area contributed by atoms with Gasteiger partial charge in [-0.1, -0.05) is 0 Å². The number of nitrogen functional groups attached to an aromatic ring is 1. The van der Waals surface area contributed by atoms with E-state index in [0.29, 0.717) is 12.5 Å². The first-order valence-corrected chi connectivity index (χ1v) is 4.51. The first-order chi connectivity index (χ1) is 6.29. The van der Waals surface area contributed by atoms with E-state index in [1.807, 2.05) is 18.2 Å². The fourth-order valence-electron chi connectivity index (χ4n) is 1.63. The Labute approximate surface area is 77.7 Å². The number of fused-ring (bicyclic) bond motifs is 1. The third kappa shape index (κ3) is 1.60. The van der Waals surface area contributed by atoms with Crippen molar-refractivity contribution in [2.24, 2.45) is 11.7 Å². The van der Waals surface area contributed by atoms with Gasteiger partial charge in [-0.25, -0.2) is 0 Å². The number of hydrogen-bond acceptors (Lipinski definition) is 3. The SMILES string of the molecule is NCC1COc2ccc(N)cc2C1. The van der Waals surface area contributed by atoms with E-state index in [4.69, 9.17) is 16.2 Å². The Balaban J connectivity index is 2.27. The van der Waals surface area contributed by atoms with Crippen molar-refractivity contribution >= 4 is 5.69 Å². The van der Waals surface area contributed by atoms with Crippen LogP contribution < -0.4 is 16.2 Å². The third-order valence-electron chi connectivity index (χ3n) is 2.40. The van der Waals surface area contributed by atoms with Gasteiger partial charge in [0.05, 0.1) is 6.61 Å². The van der Waals surface area contributed by atoms with Crippen molar-refractivity contribution < 1.29 is 4.74 Å². The fraction of sp³-hybridized carbons (Fsp3) is 0.400. The normalized spacial score (nSPS) is 20.5. The highest BCUT2D eigenvalue weighted by Gasteiger charge is 2.18. The maximum atomic E-state index is 5.68. The van der Waals surface area contributed by atoms with Gasteiger partial charge in [-0.3, -0.25) is 0 Å². The standard InChI is InChI=1S/C10H14N2O/c11-5-7-3-8-4-9(12)1-2-10(8)13-6-7/h1-2,4,7H,3,5-6,11-12H2. The lowest BCUT2D eigenvalue weighted by Crippen LogP contribution is -2.27. The van der Waals surface area contributed by atoms with Gasteiger partial charge in [-0.2, -0.15) is 0 Å². The lowest BCUT2D eigenvalue weighted by Gasteiger charge is -2.24. The highest BCUT2D eigenvalue weighted by atomic mass is 16.5. The fourth-order valence-corrected chi connectivity index (χ4v) is 1.63. The molecule has 1 aliphatic heterocycles. The molecule has 1 heterocycles. The molecule has 1 aliphatic rings. The lowest BCUT2D eigenvalue weighted by atomic mass is 9.96. The molecule has 0 aromatic heterocycles. The Bertz CT molecular complexity index is 312. The molecule has 0 spiro atoms. The maximum absolute atomic E-state index is 5.68. The van der Waals surface area contributed by atoms with Gasteiger partial charge in [0, 0.05) is 11.6 Å². The van der Waals surface area contributed by atoms with E-state index in [0.717, 1.165) is 24.5 Å². The molecular formula is C10H14N2O. The summed E-state index contributed by atoms with van der Waals surface area (Å²) in [5.74, 6) is 1.40. The predicted octanol–water partition coefficient (Wildman–Crippen LogP) is 0.779. The quantitative estimate of drug-likeness (QED) is 0.625. The second kappa shape index (κ2) is 3.26. The highest BCUT2D eigenvalue weighted by Crippen LogP contribution is 2.28. The van der Waals surface area contributed by atoms with Crippen molar-refractivity contribution in [3.63, 3.8) is 0 Å². The van der Waals surface area contributed by atoms with Crippen molar-refractivity contribution in [1.82, 2.24) is 0 Å². The summed E-state index contributed by atoms with van der Waals surface area (Å²) in [6, 6.07) is 5.76. The summed E-state index contributed by atoms with van der Waals surface area (Å²) in [5.41, 5.74) is 13.2. The molecule has 1 aromatic rings. The van der Waals surface area contributed by atoms with Crippen molar-refractivity contribution in [3.05, 3.63) is 23.8 Å². The lowest BCUT2D eigenvalue weighted by molar-refractivity contribution is 0.226. The first-order valence-electron chi connectivity index (χ1n) is 4.51. The van der Waals surface area contributed by atoms with Crippen LogP contribution in [-0.4, -0.2) is 13.2 Å². The molecular weight excluding hydrogens is 164 g/mol. The molecule has 1 atom stereocenters. The summed E-state index contributed by atoms with van der Waals surface area (Å²) in [4.78, 5) is 0. The summed E-state index contributed by atoms with van der Waals surface area (Å²) in [5, 5.41) is 0. The molecule has 2 rings (SSSR count). The molecule has 3 heteroatoms. The number of rotatable bonds is 1. The van der Waals surface area contributed by atoms with E-state index in [9.17, 15) is 0 Å². The molecule has 0 aliphatic carbocycles. The van der Waals surface area contributed by atoms with Crippen LogP contribution in [0.4, 0.5) is 5.69 Å². The number of nitrogens with two attached hydrogens (primary N) is 2. The van der Waals surface area contributed by atoms with Gasteiger partial charge in [0.25, 0.3) is 0 Å². The molecule has 3 nitrogen and oxygen atoms in total. The van der Waals surface area contributed by atoms with E-state index in [2.05, 4.69) is 0 Å². The Kier molecular flexibility index (Phi) is 2.10. The van der Waals surface area contributed by atoms with E-state index in [-0.39, 0.29) is 0 Å². The molecule has 0 bridgehead atoms. The minimum Gasteiger partial charge on any atom is -0.493 e. The van der Waals surface area contributed by atoms with Gasteiger partial charge in [0.1, 0.15) is 5.75 Å². The zero-order valence-electron chi connectivity index (χ0n) is 7.49.